The Morgan fingerprint density at radius 3 is 2.84 bits per heavy atom. The number of rotatable bonds is 12. The van der Waals surface area contributed by atoms with Crippen LogP contribution in [0.25, 0.3) is 0 Å². The average molecular weight is 445 g/mol. The molecule has 176 valence electrons. The van der Waals surface area contributed by atoms with Gasteiger partial charge in [0.15, 0.2) is 11.8 Å². The Balaban J connectivity index is 1.54. The van der Waals surface area contributed by atoms with Gasteiger partial charge in [-0.25, -0.2) is 14.7 Å². The van der Waals surface area contributed by atoms with E-state index in [2.05, 4.69) is 51.9 Å². The minimum absolute atomic E-state index is 0.252. The maximum Gasteiger partial charge on any atom is 0.191 e. The third-order valence-electron chi connectivity index (χ3n) is 5.12. The molecule has 1 unspecified atom stereocenters. The Morgan fingerprint density at radius 1 is 1.19 bits per heavy atom. The van der Waals surface area contributed by atoms with Gasteiger partial charge in [0.05, 0.1) is 32.9 Å². The van der Waals surface area contributed by atoms with Gasteiger partial charge in [0, 0.05) is 32.7 Å². The topological polar surface area (TPSA) is 94.8 Å². The van der Waals surface area contributed by atoms with Crippen molar-refractivity contribution < 1.29 is 14.2 Å². The number of methoxy groups -OCH3 is 1. The van der Waals surface area contributed by atoms with Crippen molar-refractivity contribution in [2.24, 2.45) is 4.99 Å². The van der Waals surface area contributed by atoms with Crippen LogP contribution < -0.4 is 10.6 Å². The zero-order valence-electron chi connectivity index (χ0n) is 19.5. The number of ether oxygens (including phenoxy) is 3. The molecule has 1 aromatic heterocycles. The van der Waals surface area contributed by atoms with Crippen molar-refractivity contribution in [2.75, 3.05) is 33.5 Å². The van der Waals surface area contributed by atoms with Gasteiger partial charge in [0.1, 0.15) is 12.4 Å². The van der Waals surface area contributed by atoms with Crippen LogP contribution in [0.3, 0.4) is 0 Å². The van der Waals surface area contributed by atoms with Crippen LogP contribution in [0.5, 0.6) is 0 Å². The molecular weight excluding hydrogens is 408 g/mol. The Labute approximate surface area is 190 Å². The average Bonchev–Trinajstić information content (AvgIpc) is 3.20. The number of aromatic nitrogens is 3. The van der Waals surface area contributed by atoms with E-state index < -0.39 is 0 Å². The summed E-state index contributed by atoms with van der Waals surface area (Å²) < 4.78 is 18.1. The second-order valence-electron chi connectivity index (χ2n) is 7.70. The molecule has 1 aliphatic rings. The molecule has 0 spiro atoms. The van der Waals surface area contributed by atoms with E-state index in [9.17, 15) is 0 Å². The molecular formula is C23H36N6O3. The first-order chi connectivity index (χ1) is 15.7. The van der Waals surface area contributed by atoms with Crippen molar-refractivity contribution in [3.63, 3.8) is 0 Å². The first kappa shape index (κ1) is 24.2. The predicted molar refractivity (Wildman–Crippen MR) is 123 cm³/mol. The molecule has 2 N–H and O–H groups in total. The number of benzene rings is 1. The Bertz CT molecular complexity index is 854. The van der Waals surface area contributed by atoms with E-state index in [4.69, 9.17) is 19.2 Å². The number of hydrogen-bond acceptors (Lipinski definition) is 6. The van der Waals surface area contributed by atoms with Gasteiger partial charge in [-0.15, -0.1) is 0 Å². The molecule has 1 aliphatic heterocycles. The fourth-order valence-corrected chi connectivity index (χ4v) is 3.62. The van der Waals surface area contributed by atoms with E-state index in [0.717, 1.165) is 54.7 Å². The number of hydrogen-bond donors (Lipinski definition) is 2. The monoisotopic (exact) mass is 444 g/mol. The van der Waals surface area contributed by atoms with Crippen molar-refractivity contribution in [3.05, 3.63) is 47.0 Å². The second kappa shape index (κ2) is 13.1. The van der Waals surface area contributed by atoms with Gasteiger partial charge in [0.25, 0.3) is 0 Å². The van der Waals surface area contributed by atoms with E-state index in [1.165, 1.54) is 0 Å². The summed E-state index contributed by atoms with van der Waals surface area (Å²) in [4.78, 5) is 9.35. The lowest BCUT2D eigenvalue weighted by molar-refractivity contribution is 0.0453. The van der Waals surface area contributed by atoms with Gasteiger partial charge in [-0.1, -0.05) is 24.3 Å². The van der Waals surface area contributed by atoms with Crippen molar-refractivity contribution in [2.45, 2.75) is 59.0 Å². The van der Waals surface area contributed by atoms with Gasteiger partial charge in [-0.2, -0.15) is 5.10 Å². The van der Waals surface area contributed by atoms with E-state index in [0.29, 0.717) is 39.6 Å². The summed E-state index contributed by atoms with van der Waals surface area (Å²) in [7, 11) is 1.66. The van der Waals surface area contributed by atoms with E-state index in [-0.39, 0.29) is 6.04 Å². The first-order valence-corrected chi connectivity index (χ1v) is 11.4. The molecule has 2 heterocycles. The lowest BCUT2D eigenvalue weighted by Crippen LogP contribution is -2.47. The number of nitrogens with zero attached hydrogens (tertiary/aromatic N) is 4. The summed E-state index contributed by atoms with van der Waals surface area (Å²) in [5.74, 6) is 2.58. The molecule has 2 aromatic rings. The standard InChI is InChI=1S/C23H36N6O3/c1-4-24-23(26-20-9-10-22-27-21(17-30-3)28-29(22)15-20)25-14-18-7-6-8-19(13-18)16-32-12-11-31-5-2/h6-8,13,20H,4-5,9-12,14-17H2,1-3H3,(H2,24,25,26). The van der Waals surface area contributed by atoms with Gasteiger partial charge in [-0.3, -0.25) is 0 Å². The van der Waals surface area contributed by atoms with Gasteiger partial charge < -0.3 is 24.8 Å². The Hall–Kier alpha value is -2.49. The smallest absolute Gasteiger partial charge is 0.191 e. The molecule has 1 aromatic carbocycles. The molecule has 0 amide bonds. The van der Waals surface area contributed by atoms with Crippen molar-refractivity contribution in [3.8, 4) is 0 Å². The van der Waals surface area contributed by atoms with Gasteiger partial charge in [0.2, 0.25) is 0 Å². The Morgan fingerprint density at radius 2 is 2.03 bits per heavy atom. The van der Waals surface area contributed by atoms with Crippen LogP contribution in [0.15, 0.2) is 29.3 Å². The third-order valence-corrected chi connectivity index (χ3v) is 5.12. The number of guanidine groups is 1. The molecule has 32 heavy (non-hydrogen) atoms. The van der Waals surface area contributed by atoms with Crippen LogP contribution in [0.2, 0.25) is 0 Å². The molecule has 0 fully saturated rings. The van der Waals surface area contributed by atoms with E-state index in [1.54, 1.807) is 7.11 Å². The van der Waals surface area contributed by atoms with Crippen LogP contribution in [0.1, 0.15) is 43.0 Å². The molecule has 9 heteroatoms. The summed E-state index contributed by atoms with van der Waals surface area (Å²) in [5.41, 5.74) is 2.30. The molecule has 1 atom stereocenters. The first-order valence-electron chi connectivity index (χ1n) is 11.4. The largest absolute Gasteiger partial charge is 0.379 e. The molecule has 3 rings (SSSR count). The number of fused-ring (bicyclic) bond motifs is 1. The van der Waals surface area contributed by atoms with Crippen molar-refractivity contribution >= 4 is 5.96 Å². The Kier molecular flexibility index (Phi) is 9.93. The van der Waals surface area contributed by atoms with E-state index >= 15 is 0 Å². The molecule has 0 bridgehead atoms. The zero-order chi connectivity index (χ0) is 22.6. The highest BCUT2D eigenvalue weighted by molar-refractivity contribution is 5.80. The van der Waals surface area contributed by atoms with E-state index in [1.807, 2.05) is 11.6 Å². The highest BCUT2D eigenvalue weighted by atomic mass is 16.5. The lowest BCUT2D eigenvalue weighted by atomic mass is 10.1. The number of nitrogens with one attached hydrogen (secondary N) is 2. The molecule has 0 saturated carbocycles. The van der Waals surface area contributed by atoms with Crippen molar-refractivity contribution in [1.82, 2.24) is 25.4 Å². The fraction of sp³-hybridized carbons (Fsp3) is 0.609. The van der Waals surface area contributed by atoms with Gasteiger partial charge >= 0.3 is 0 Å². The number of aliphatic imine (C=N–C) groups is 1. The normalized spacial score (nSPS) is 16.1. The zero-order valence-corrected chi connectivity index (χ0v) is 19.5. The number of aryl methyl sites for hydroxylation is 1. The highest BCUT2D eigenvalue weighted by Crippen LogP contribution is 2.14. The van der Waals surface area contributed by atoms with Crippen molar-refractivity contribution in [1.29, 1.82) is 0 Å². The maximum atomic E-state index is 5.68. The highest BCUT2D eigenvalue weighted by Gasteiger charge is 2.22. The van der Waals surface area contributed by atoms with Crippen LogP contribution in [-0.4, -0.2) is 60.2 Å². The van der Waals surface area contributed by atoms with Crippen LogP contribution >= 0.6 is 0 Å². The summed E-state index contributed by atoms with van der Waals surface area (Å²) in [5, 5.41) is 11.5. The minimum Gasteiger partial charge on any atom is -0.379 e. The van der Waals surface area contributed by atoms with Crippen LogP contribution in [0, 0.1) is 0 Å². The molecule has 0 saturated heterocycles. The fourth-order valence-electron chi connectivity index (χ4n) is 3.62. The molecule has 9 nitrogen and oxygen atoms in total. The quantitative estimate of drug-likeness (QED) is 0.294. The third kappa shape index (κ3) is 7.58. The summed E-state index contributed by atoms with van der Waals surface area (Å²) >= 11 is 0. The summed E-state index contributed by atoms with van der Waals surface area (Å²) in [6.07, 6.45) is 1.88. The molecule has 0 radical (unpaired) electrons. The SMILES string of the molecule is CCNC(=NCc1cccc(COCCOCC)c1)NC1CCc2nc(COC)nn2C1. The molecule has 0 aliphatic carbocycles. The summed E-state index contributed by atoms with van der Waals surface area (Å²) in [6, 6.07) is 8.62. The predicted octanol–water partition coefficient (Wildman–Crippen LogP) is 2.05. The second-order valence-corrected chi connectivity index (χ2v) is 7.70. The lowest BCUT2D eigenvalue weighted by Gasteiger charge is -2.25. The van der Waals surface area contributed by atoms with Gasteiger partial charge in [-0.05, 0) is 31.4 Å². The summed E-state index contributed by atoms with van der Waals surface area (Å²) in [6.45, 7) is 9.20. The maximum absolute atomic E-state index is 5.68. The van der Waals surface area contributed by atoms with Crippen LogP contribution in [-0.2, 0) is 46.9 Å². The minimum atomic E-state index is 0.252. The van der Waals surface area contributed by atoms with Crippen LogP contribution in [0.4, 0.5) is 0 Å².